The third-order valence-electron chi connectivity index (χ3n) is 7.56. The summed E-state index contributed by atoms with van der Waals surface area (Å²) in [6, 6.07) is 9.29. The number of alkyl halides is 1. The number of benzene rings is 1. The molecule has 2 N–H and O–H groups in total. The van der Waals surface area contributed by atoms with Gasteiger partial charge < -0.3 is 28.6 Å². The molecular formula is C38H52ClN3O11S2. The van der Waals surface area contributed by atoms with E-state index in [0.29, 0.717) is 36.3 Å². The van der Waals surface area contributed by atoms with Crippen LogP contribution in [0, 0.1) is 16.7 Å². The third-order valence-corrected chi connectivity index (χ3v) is 9.68. The maximum atomic E-state index is 12.6. The highest BCUT2D eigenvalue weighted by Crippen LogP contribution is 2.31. The van der Waals surface area contributed by atoms with Crippen molar-refractivity contribution in [2.24, 2.45) is 0 Å². The minimum Gasteiger partial charge on any atom is -0.460 e. The Morgan fingerprint density at radius 1 is 0.927 bits per heavy atom. The van der Waals surface area contributed by atoms with Crippen molar-refractivity contribution in [3.8, 4) is 6.07 Å². The summed E-state index contributed by atoms with van der Waals surface area (Å²) in [5.74, 6) is -2.07. The zero-order valence-corrected chi connectivity index (χ0v) is 34.1. The van der Waals surface area contributed by atoms with Gasteiger partial charge in [-0.3, -0.25) is 9.96 Å². The maximum Gasteiger partial charge on any atom is 0.352 e. The van der Waals surface area contributed by atoms with Crippen molar-refractivity contribution in [1.29, 1.82) is 10.7 Å². The van der Waals surface area contributed by atoms with Crippen molar-refractivity contribution in [3.63, 3.8) is 0 Å². The molecule has 304 valence electrons. The fraction of sp³-hybridized carbons (Fsp3) is 0.553. The molecule has 0 amide bonds. The van der Waals surface area contributed by atoms with Crippen molar-refractivity contribution in [2.75, 3.05) is 69.3 Å². The predicted molar refractivity (Wildman–Crippen MR) is 213 cm³/mol. The monoisotopic (exact) mass is 825 g/mol. The standard InChI is InChI=1S/C38H52ClN3O11S2/c1-28(10-9-23-55(46,47)48)35(43)51-19-15-42(16-20-52-37(45)33(41)13-18-50-22-21-49-17-8-6-5-7-14-39)31-12-11-29-24-32(54-34(29)26-31)25-30(27-40)36(44)53-38(2,3)4/h11-12,24-26,41H,1,5-10,13-23H2,2-4H3,(H,46,47,48)/b30-25+,41-33?. The van der Waals surface area contributed by atoms with Crippen LogP contribution in [-0.4, -0.2) is 107 Å². The fourth-order valence-corrected chi connectivity index (χ4v) is 6.54. The molecule has 0 aliphatic heterocycles. The van der Waals surface area contributed by atoms with E-state index in [2.05, 4.69) is 6.58 Å². The molecule has 14 nitrogen and oxygen atoms in total. The van der Waals surface area contributed by atoms with Crippen LogP contribution in [0.5, 0.6) is 0 Å². The number of hydrogen-bond acceptors (Lipinski definition) is 14. The minimum atomic E-state index is -4.17. The summed E-state index contributed by atoms with van der Waals surface area (Å²) in [7, 11) is -4.17. The number of rotatable bonds is 27. The summed E-state index contributed by atoms with van der Waals surface area (Å²) >= 11 is 7.02. The molecule has 0 spiro atoms. The molecule has 0 unspecified atom stereocenters. The van der Waals surface area contributed by atoms with Crippen molar-refractivity contribution in [3.05, 3.63) is 46.9 Å². The Morgan fingerprint density at radius 3 is 2.22 bits per heavy atom. The molecule has 0 atom stereocenters. The van der Waals surface area contributed by atoms with Crippen LogP contribution in [0.4, 0.5) is 5.69 Å². The highest BCUT2D eigenvalue weighted by Gasteiger charge is 2.21. The molecular weight excluding hydrogens is 774 g/mol. The number of hydrogen-bond donors (Lipinski definition) is 2. The van der Waals surface area contributed by atoms with Crippen LogP contribution in [0.25, 0.3) is 16.2 Å². The van der Waals surface area contributed by atoms with E-state index in [4.69, 9.17) is 45.2 Å². The Balaban J connectivity index is 2.03. The van der Waals surface area contributed by atoms with Crippen LogP contribution in [0.3, 0.4) is 0 Å². The lowest BCUT2D eigenvalue weighted by molar-refractivity contribution is -0.149. The van der Waals surface area contributed by atoms with E-state index in [-0.39, 0.29) is 69.0 Å². The van der Waals surface area contributed by atoms with Gasteiger partial charge >= 0.3 is 17.9 Å². The van der Waals surface area contributed by atoms with Gasteiger partial charge in [-0.05, 0) is 76.1 Å². The molecule has 0 fully saturated rings. The zero-order chi connectivity index (χ0) is 40.9. The molecule has 0 saturated heterocycles. The first-order valence-corrected chi connectivity index (χ1v) is 20.9. The van der Waals surface area contributed by atoms with Gasteiger partial charge in [0.15, 0.2) is 0 Å². The lowest BCUT2D eigenvalue weighted by atomic mass is 10.1. The van der Waals surface area contributed by atoms with Crippen LogP contribution < -0.4 is 4.90 Å². The van der Waals surface area contributed by atoms with E-state index < -0.39 is 39.4 Å². The third kappa shape index (κ3) is 20.1. The average Bonchev–Trinajstić information content (AvgIpc) is 3.52. The van der Waals surface area contributed by atoms with E-state index in [0.717, 1.165) is 35.8 Å². The largest absolute Gasteiger partial charge is 0.460 e. The van der Waals surface area contributed by atoms with E-state index in [9.17, 15) is 28.1 Å². The second-order valence-electron chi connectivity index (χ2n) is 13.4. The van der Waals surface area contributed by atoms with Crippen molar-refractivity contribution < 1.29 is 51.0 Å². The van der Waals surface area contributed by atoms with Gasteiger partial charge in [0, 0.05) is 39.7 Å². The molecule has 0 saturated carbocycles. The molecule has 1 aromatic carbocycles. The molecule has 0 aliphatic carbocycles. The number of esters is 3. The topological polar surface area (TPSA) is 203 Å². The lowest BCUT2D eigenvalue weighted by Gasteiger charge is -2.25. The molecule has 2 aromatic rings. The van der Waals surface area contributed by atoms with Crippen LogP contribution in [0.15, 0.2) is 42.0 Å². The smallest absolute Gasteiger partial charge is 0.352 e. The number of nitrogens with zero attached hydrogens (tertiary/aromatic N) is 2. The van der Waals surface area contributed by atoms with Gasteiger partial charge in [0.2, 0.25) is 0 Å². The van der Waals surface area contributed by atoms with Crippen molar-refractivity contribution in [1.82, 2.24) is 0 Å². The Kier molecular flexibility index (Phi) is 21.2. The van der Waals surface area contributed by atoms with E-state index >= 15 is 0 Å². The van der Waals surface area contributed by atoms with Gasteiger partial charge in [0.1, 0.15) is 36.2 Å². The lowest BCUT2D eigenvalue weighted by Crippen LogP contribution is -2.33. The van der Waals surface area contributed by atoms with Gasteiger partial charge in [0.25, 0.3) is 10.1 Å². The summed E-state index contributed by atoms with van der Waals surface area (Å²) in [5, 5.41) is 18.5. The van der Waals surface area contributed by atoms with Gasteiger partial charge in [0.05, 0.1) is 38.7 Å². The molecule has 0 aliphatic rings. The van der Waals surface area contributed by atoms with Gasteiger partial charge in [-0.2, -0.15) is 13.7 Å². The highest BCUT2D eigenvalue weighted by molar-refractivity contribution is 7.85. The molecule has 2 rings (SSSR count). The molecule has 1 aromatic heterocycles. The number of nitriles is 1. The first-order valence-electron chi connectivity index (χ1n) is 17.9. The highest BCUT2D eigenvalue weighted by atomic mass is 35.5. The van der Waals surface area contributed by atoms with E-state index in [1.807, 2.05) is 35.2 Å². The maximum absolute atomic E-state index is 12.6. The number of ether oxygens (including phenoxy) is 5. The number of fused-ring (bicyclic) bond motifs is 1. The number of carbonyl (C=O) groups excluding carboxylic acids is 3. The number of nitrogens with one attached hydrogen (secondary N) is 1. The number of thiophene rings is 1. The number of halogens is 1. The minimum absolute atomic E-state index is 0.00154. The van der Waals surface area contributed by atoms with Crippen LogP contribution >= 0.6 is 22.9 Å². The number of anilines is 1. The fourth-order valence-electron chi connectivity index (χ4n) is 4.80. The van der Waals surface area contributed by atoms with Gasteiger partial charge in [-0.15, -0.1) is 22.9 Å². The summed E-state index contributed by atoms with van der Waals surface area (Å²) < 4.78 is 58.8. The summed E-state index contributed by atoms with van der Waals surface area (Å²) in [5.41, 5.74) is -0.400. The van der Waals surface area contributed by atoms with Crippen molar-refractivity contribution >= 4 is 78.5 Å². The molecule has 55 heavy (non-hydrogen) atoms. The molecule has 0 bridgehead atoms. The number of unbranched alkanes of at least 4 members (excludes halogenated alkanes) is 3. The summed E-state index contributed by atoms with van der Waals surface area (Å²) in [6.07, 6.45) is 5.65. The average molecular weight is 826 g/mol. The van der Waals surface area contributed by atoms with E-state index in [1.54, 1.807) is 20.8 Å². The SMILES string of the molecule is C=C(CCCS(=O)(=O)O)C(=O)OCCN(CCOC(=O)C(=N)CCOCCOCCCCCCCl)c1ccc2cc(/C=C(\C#N)C(=O)OC(C)(C)C)sc2c1. The Labute approximate surface area is 332 Å². The Hall–Kier alpha value is -3.85. The van der Waals surface area contributed by atoms with Crippen LogP contribution in [-0.2, 0) is 48.2 Å². The van der Waals surface area contributed by atoms with E-state index in [1.165, 1.54) is 17.4 Å². The quantitative estimate of drug-likeness (QED) is 0.0144. The Morgan fingerprint density at radius 2 is 1.58 bits per heavy atom. The molecule has 0 radical (unpaired) electrons. The summed E-state index contributed by atoms with van der Waals surface area (Å²) in [4.78, 5) is 40.1. The van der Waals surface area contributed by atoms with Gasteiger partial charge in [-0.25, -0.2) is 14.4 Å². The normalized spacial score (nSPS) is 11.9. The van der Waals surface area contributed by atoms with Crippen LogP contribution in [0.1, 0.15) is 70.6 Å². The zero-order valence-electron chi connectivity index (χ0n) is 31.7. The molecule has 1 heterocycles. The predicted octanol–water partition coefficient (Wildman–Crippen LogP) is 6.51. The Bertz CT molecular complexity index is 1780. The van der Waals surface area contributed by atoms with Crippen LogP contribution in [0.2, 0.25) is 0 Å². The first kappa shape index (κ1) is 47.3. The summed E-state index contributed by atoms with van der Waals surface area (Å²) in [6.45, 7) is 10.5. The van der Waals surface area contributed by atoms with Crippen molar-refractivity contribution in [2.45, 2.75) is 71.3 Å². The number of carbonyl (C=O) groups is 3. The second-order valence-corrected chi connectivity index (χ2v) is 16.4. The second kappa shape index (κ2) is 24.6. The molecule has 17 heteroatoms. The first-order chi connectivity index (χ1) is 26.0. The van der Waals surface area contributed by atoms with Gasteiger partial charge in [-0.1, -0.05) is 25.5 Å².